The van der Waals surface area contributed by atoms with Gasteiger partial charge in [0.05, 0.1) is 16.5 Å². The predicted octanol–water partition coefficient (Wildman–Crippen LogP) is 5.03. The third kappa shape index (κ3) is 3.46. The van der Waals surface area contributed by atoms with Gasteiger partial charge in [-0.15, -0.1) is 11.6 Å². The number of hydrogen-bond donors (Lipinski definition) is 0. The maximum absolute atomic E-state index is 13.2. The van der Waals surface area contributed by atoms with Gasteiger partial charge in [-0.05, 0) is 28.1 Å². The first kappa shape index (κ1) is 15.2. The van der Waals surface area contributed by atoms with Crippen LogP contribution in [0, 0.1) is 5.82 Å². The number of rotatable bonds is 4. The first-order valence-corrected chi connectivity index (χ1v) is 7.38. The lowest BCUT2D eigenvalue weighted by Gasteiger charge is -2.12. The van der Waals surface area contributed by atoms with E-state index in [-0.39, 0.29) is 17.6 Å². The molecule has 0 bridgehead atoms. The summed E-state index contributed by atoms with van der Waals surface area (Å²) in [6.45, 7) is 3.99. The Bertz CT molecular complexity index is 622. The predicted molar refractivity (Wildman–Crippen MR) is 79.9 cm³/mol. The third-order valence-corrected chi connectivity index (χ3v) is 3.51. The molecule has 0 aliphatic heterocycles. The molecule has 0 amide bonds. The molecule has 1 aromatic heterocycles. The number of hydrogen-bond acceptors (Lipinski definition) is 3. The standard InChI is InChI=1S/C14H13BrClFN2O/c1-8(2)14-18-7-13(11(6-16)19-14)20-12-5-9(17)3-4-10(12)15/h3-5,7-8H,6H2,1-2H3. The second-order valence-corrected chi connectivity index (χ2v) is 5.63. The summed E-state index contributed by atoms with van der Waals surface area (Å²) in [6, 6.07) is 4.21. The van der Waals surface area contributed by atoms with Gasteiger partial charge in [-0.1, -0.05) is 13.8 Å². The van der Waals surface area contributed by atoms with Crippen molar-refractivity contribution in [2.45, 2.75) is 25.6 Å². The molecule has 0 aliphatic carbocycles. The Labute approximate surface area is 130 Å². The van der Waals surface area contributed by atoms with E-state index in [9.17, 15) is 4.39 Å². The highest BCUT2D eigenvalue weighted by Crippen LogP contribution is 2.32. The number of nitrogens with zero attached hydrogens (tertiary/aromatic N) is 2. The molecule has 106 valence electrons. The Morgan fingerprint density at radius 2 is 2.10 bits per heavy atom. The van der Waals surface area contributed by atoms with Crippen LogP contribution in [0.3, 0.4) is 0 Å². The van der Waals surface area contributed by atoms with Crippen LogP contribution in [0.2, 0.25) is 0 Å². The highest BCUT2D eigenvalue weighted by Gasteiger charge is 2.12. The van der Waals surface area contributed by atoms with Crippen LogP contribution >= 0.6 is 27.5 Å². The van der Waals surface area contributed by atoms with Crippen molar-refractivity contribution in [2.24, 2.45) is 0 Å². The molecule has 0 saturated carbocycles. The Balaban J connectivity index is 2.35. The Morgan fingerprint density at radius 1 is 1.35 bits per heavy atom. The molecule has 2 aromatic rings. The van der Waals surface area contributed by atoms with Gasteiger partial charge in [0.2, 0.25) is 0 Å². The van der Waals surface area contributed by atoms with Crippen LogP contribution in [0.1, 0.15) is 31.3 Å². The molecule has 3 nitrogen and oxygen atoms in total. The molecule has 1 aromatic carbocycles. The largest absolute Gasteiger partial charge is 0.452 e. The fourth-order valence-electron chi connectivity index (χ4n) is 1.55. The van der Waals surface area contributed by atoms with E-state index in [1.54, 1.807) is 12.3 Å². The molecule has 0 aliphatic rings. The van der Waals surface area contributed by atoms with Crippen LogP contribution in [0.5, 0.6) is 11.5 Å². The van der Waals surface area contributed by atoms with Crippen molar-refractivity contribution in [3.63, 3.8) is 0 Å². The highest BCUT2D eigenvalue weighted by atomic mass is 79.9. The number of halogens is 3. The smallest absolute Gasteiger partial charge is 0.168 e. The van der Waals surface area contributed by atoms with Crippen LogP contribution < -0.4 is 4.74 Å². The number of alkyl halides is 1. The summed E-state index contributed by atoms with van der Waals surface area (Å²) in [6.07, 6.45) is 1.57. The van der Waals surface area contributed by atoms with E-state index in [0.29, 0.717) is 27.5 Å². The van der Waals surface area contributed by atoms with E-state index in [2.05, 4.69) is 25.9 Å². The molecule has 0 saturated heterocycles. The lowest BCUT2D eigenvalue weighted by Crippen LogP contribution is -2.02. The van der Waals surface area contributed by atoms with Gasteiger partial charge in [-0.2, -0.15) is 0 Å². The van der Waals surface area contributed by atoms with Crippen LogP contribution in [-0.4, -0.2) is 9.97 Å². The van der Waals surface area contributed by atoms with Gasteiger partial charge in [-0.25, -0.2) is 14.4 Å². The quantitative estimate of drug-likeness (QED) is 0.718. The van der Waals surface area contributed by atoms with Gasteiger partial charge in [0.15, 0.2) is 5.75 Å². The first-order valence-electron chi connectivity index (χ1n) is 6.06. The SMILES string of the molecule is CC(C)c1ncc(Oc2cc(F)ccc2Br)c(CCl)n1. The van der Waals surface area contributed by atoms with Crippen molar-refractivity contribution in [3.8, 4) is 11.5 Å². The van der Waals surface area contributed by atoms with Crippen molar-refractivity contribution in [2.75, 3.05) is 0 Å². The van der Waals surface area contributed by atoms with Crippen molar-refractivity contribution in [1.82, 2.24) is 9.97 Å². The van der Waals surface area contributed by atoms with Crippen LogP contribution in [0.15, 0.2) is 28.9 Å². The molecule has 0 N–H and O–H groups in total. The molecule has 2 rings (SSSR count). The minimum absolute atomic E-state index is 0.199. The molecular weight excluding hydrogens is 347 g/mol. The Morgan fingerprint density at radius 3 is 2.75 bits per heavy atom. The molecule has 0 fully saturated rings. The highest BCUT2D eigenvalue weighted by molar-refractivity contribution is 9.10. The average Bonchev–Trinajstić information content (AvgIpc) is 2.43. The maximum Gasteiger partial charge on any atom is 0.168 e. The topological polar surface area (TPSA) is 35.0 Å². The molecular formula is C14H13BrClFN2O. The van der Waals surface area contributed by atoms with Gasteiger partial charge >= 0.3 is 0 Å². The fraction of sp³-hybridized carbons (Fsp3) is 0.286. The van der Waals surface area contributed by atoms with Gasteiger partial charge in [0, 0.05) is 12.0 Å². The van der Waals surface area contributed by atoms with E-state index < -0.39 is 0 Å². The maximum atomic E-state index is 13.2. The van der Waals surface area contributed by atoms with Gasteiger partial charge in [-0.3, -0.25) is 0 Å². The van der Waals surface area contributed by atoms with Crippen molar-refractivity contribution < 1.29 is 9.13 Å². The molecule has 0 spiro atoms. The molecule has 0 unspecified atom stereocenters. The number of benzene rings is 1. The summed E-state index contributed by atoms with van der Waals surface area (Å²) in [5.41, 5.74) is 0.585. The summed E-state index contributed by atoms with van der Waals surface area (Å²) in [5, 5.41) is 0. The first-order chi connectivity index (χ1) is 9.51. The van der Waals surface area contributed by atoms with Gasteiger partial charge in [0.25, 0.3) is 0 Å². The van der Waals surface area contributed by atoms with Gasteiger partial charge < -0.3 is 4.74 Å². The molecule has 0 radical (unpaired) electrons. The number of aromatic nitrogens is 2. The van der Waals surface area contributed by atoms with E-state index >= 15 is 0 Å². The van der Waals surface area contributed by atoms with E-state index in [1.807, 2.05) is 13.8 Å². The zero-order valence-electron chi connectivity index (χ0n) is 11.0. The summed E-state index contributed by atoms with van der Waals surface area (Å²) >= 11 is 9.20. The average molecular weight is 360 g/mol. The number of ether oxygens (including phenoxy) is 1. The Kier molecular flexibility index (Phi) is 4.94. The van der Waals surface area contributed by atoms with Crippen molar-refractivity contribution >= 4 is 27.5 Å². The van der Waals surface area contributed by atoms with E-state index in [4.69, 9.17) is 16.3 Å². The lowest BCUT2D eigenvalue weighted by molar-refractivity contribution is 0.462. The van der Waals surface area contributed by atoms with E-state index in [0.717, 1.165) is 0 Å². The zero-order valence-corrected chi connectivity index (χ0v) is 13.4. The summed E-state index contributed by atoms with van der Waals surface area (Å²) in [4.78, 5) is 8.59. The molecule has 20 heavy (non-hydrogen) atoms. The minimum Gasteiger partial charge on any atom is -0.452 e. The normalized spacial score (nSPS) is 10.9. The fourth-order valence-corrected chi connectivity index (χ4v) is 2.07. The second-order valence-electron chi connectivity index (χ2n) is 4.50. The molecule has 0 atom stereocenters. The van der Waals surface area contributed by atoms with Crippen LogP contribution in [0.25, 0.3) is 0 Å². The summed E-state index contributed by atoms with van der Waals surface area (Å²) in [5.74, 6) is 1.51. The third-order valence-electron chi connectivity index (χ3n) is 2.60. The summed E-state index contributed by atoms with van der Waals surface area (Å²) < 4.78 is 19.5. The van der Waals surface area contributed by atoms with Crippen molar-refractivity contribution in [1.29, 1.82) is 0 Å². The second kappa shape index (κ2) is 6.50. The van der Waals surface area contributed by atoms with Crippen LogP contribution in [0.4, 0.5) is 4.39 Å². The Hall–Kier alpha value is -1.20. The monoisotopic (exact) mass is 358 g/mol. The summed E-state index contributed by atoms with van der Waals surface area (Å²) in [7, 11) is 0. The van der Waals surface area contributed by atoms with Crippen molar-refractivity contribution in [3.05, 3.63) is 46.2 Å². The zero-order chi connectivity index (χ0) is 14.7. The van der Waals surface area contributed by atoms with E-state index in [1.165, 1.54) is 12.1 Å². The molecule has 1 heterocycles. The van der Waals surface area contributed by atoms with Crippen LogP contribution in [-0.2, 0) is 5.88 Å². The lowest BCUT2D eigenvalue weighted by atomic mass is 10.2. The molecule has 6 heteroatoms. The van der Waals surface area contributed by atoms with Gasteiger partial charge in [0.1, 0.15) is 23.1 Å². The minimum atomic E-state index is -0.379.